The van der Waals surface area contributed by atoms with E-state index in [1.807, 2.05) is 6.92 Å². The maximum atomic E-state index is 14.0. The highest BCUT2D eigenvalue weighted by Crippen LogP contribution is 2.21. The van der Waals surface area contributed by atoms with E-state index < -0.39 is 5.82 Å². The largest absolute Gasteiger partial charge is 0.494 e. The van der Waals surface area contributed by atoms with Crippen LogP contribution in [0.3, 0.4) is 0 Å². The minimum Gasteiger partial charge on any atom is -0.494 e. The van der Waals surface area contributed by atoms with E-state index in [4.69, 9.17) is 9.47 Å². The summed E-state index contributed by atoms with van der Waals surface area (Å²) in [5.74, 6) is 0.172. The first-order valence-electron chi connectivity index (χ1n) is 9.10. The molecule has 1 amide bonds. The summed E-state index contributed by atoms with van der Waals surface area (Å²) in [6.45, 7) is 3.30. The fourth-order valence-electron chi connectivity index (χ4n) is 2.70. The van der Waals surface area contributed by atoms with Gasteiger partial charge in [0.25, 0.3) is 0 Å². The van der Waals surface area contributed by atoms with Gasteiger partial charge in [-0.25, -0.2) is 9.38 Å². The van der Waals surface area contributed by atoms with Crippen LogP contribution in [0.5, 0.6) is 5.75 Å². The molecule has 1 aliphatic heterocycles. The van der Waals surface area contributed by atoms with Gasteiger partial charge < -0.3 is 25.0 Å². The van der Waals surface area contributed by atoms with Gasteiger partial charge in [-0.15, -0.1) is 0 Å². The van der Waals surface area contributed by atoms with E-state index in [-0.39, 0.29) is 30.3 Å². The predicted octanol–water partition coefficient (Wildman–Crippen LogP) is 1.70. The predicted molar refractivity (Wildman–Crippen MR) is 102 cm³/mol. The molecule has 2 unspecified atom stereocenters. The van der Waals surface area contributed by atoms with Gasteiger partial charge in [0, 0.05) is 27.2 Å². The average Bonchev–Trinajstić information content (AvgIpc) is 3.16. The molecule has 0 aromatic heterocycles. The third-order valence-corrected chi connectivity index (χ3v) is 4.42. The molecule has 1 aromatic rings. The van der Waals surface area contributed by atoms with Crippen LogP contribution in [0.4, 0.5) is 4.39 Å². The zero-order valence-electron chi connectivity index (χ0n) is 16.4. The van der Waals surface area contributed by atoms with Gasteiger partial charge in [0.15, 0.2) is 17.5 Å². The number of ether oxygens (including phenoxy) is 2. The molecule has 1 saturated heterocycles. The lowest BCUT2D eigenvalue weighted by Gasteiger charge is -2.21. The van der Waals surface area contributed by atoms with Crippen molar-refractivity contribution in [3.63, 3.8) is 0 Å². The van der Waals surface area contributed by atoms with Crippen LogP contribution in [0.2, 0.25) is 0 Å². The number of nitrogens with zero attached hydrogens (tertiary/aromatic N) is 2. The fraction of sp³-hybridized carbons (Fsp3) is 0.579. The second-order valence-electron chi connectivity index (χ2n) is 6.73. The molecule has 27 heavy (non-hydrogen) atoms. The van der Waals surface area contributed by atoms with Crippen LogP contribution in [0, 0.1) is 5.82 Å². The molecule has 2 rings (SSSR count). The standard InChI is InChI=1S/C19H29FN4O3/c1-13(14-7-8-17(26-4)16(20)10-14)23-19(22-12-18(25)24(2)3)21-11-15-6-5-9-27-15/h7-8,10,13,15H,5-6,9,11-12H2,1-4H3,(H2,21,22,23). The monoisotopic (exact) mass is 380 g/mol. The van der Waals surface area contributed by atoms with Crippen molar-refractivity contribution in [2.75, 3.05) is 40.9 Å². The minimum atomic E-state index is -0.419. The number of benzene rings is 1. The molecule has 8 heteroatoms. The summed E-state index contributed by atoms with van der Waals surface area (Å²) in [7, 11) is 4.81. The maximum Gasteiger partial charge on any atom is 0.243 e. The highest BCUT2D eigenvalue weighted by Gasteiger charge is 2.17. The summed E-state index contributed by atoms with van der Waals surface area (Å²) in [6, 6.07) is 4.60. The lowest BCUT2D eigenvalue weighted by molar-refractivity contribution is -0.127. The molecule has 7 nitrogen and oxygen atoms in total. The Bertz CT molecular complexity index is 660. The summed E-state index contributed by atoms with van der Waals surface area (Å²) < 4.78 is 24.5. The van der Waals surface area contributed by atoms with Crippen molar-refractivity contribution in [3.8, 4) is 5.75 Å². The van der Waals surface area contributed by atoms with Crippen LogP contribution < -0.4 is 15.4 Å². The highest BCUT2D eigenvalue weighted by atomic mass is 19.1. The first-order valence-corrected chi connectivity index (χ1v) is 9.10. The van der Waals surface area contributed by atoms with E-state index in [9.17, 15) is 9.18 Å². The summed E-state index contributed by atoms with van der Waals surface area (Å²) in [6.07, 6.45) is 2.18. The van der Waals surface area contributed by atoms with Gasteiger partial charge in [0.05, 0.1) is 19.3 Å². The van der Waals surface area contributed by atoms with Gasteiger partial charge >= 0.3 is 0 Å². The van der Waals surface area contributed by atoms with Crippen LogP contribution in [-0.2, 0) is 9.53 Å². The Morgan fingerprint density at radius 1 is 1.48 bits per heavy atom. The van der Waals surface area contributed by atoms with Crippen molar-refractivity contribution < 1.29 is 18.7 Å². The smallest absolute Gasteiger partial charge is 0.243 e. The quantitative estimate of drug-likeness (QED) is 0.556. The zero-order chi connectivity index (χ0) is 19.8. The van der Waals surface area contributed by atoms with Gasteiger partial charge in [-0.2, -0.15) is 0 Å². The molecule has 150 valence electrons. The number of guanidine groups is 1. The van der Waals surface area contributed by atoms with Gasteiger partial charge in [-0.1, -0.05) is 6.07 Å². The molecule has 0 bridgehead atoms. The molecule has 2 N–H and O–H groups in total. The number of hydrogen-bond donors (Lipinski definition) is 2. The van der Waals surface area contributed by atoms with Crippen LogP contribution in [0.15, 0.2) is 23.2 Å². The summed E-state index contributed by atoms with van der Waals surface area (Å²) in [5, 5.41) is 6.44. The van der Waals surface area contributed by atoms with Gasteiger partial charge in [-0.3, -0.25) is 4.79 Å². The number of likely N-dealkylation sites (N-methyl/N-ethyl adjacent to an activating group) is 1. The second kappa shape index (κ2) is 10.1. The van der Waals surface area contributed by atoms with Gasteiger partial charge in [-0.05, 0) is 37.5 Å². The Balaban J connectivity index is 2.05. The molecular formula is C19H29FN4O3. The van der Waals surface area contributed by atoms with Crippen LogP contribution in [0.25, 0.3) is 0 Å². The molecule has 0 aliphatic carbocycles. The van der Waals surface area contributed by atoms with E-state index in [2.05, 4.69) is 15.6 Å². The lowest BCUT2D eigenvalue weighted by atomic mass is 10.1. The van der Waals surface area contributed by atoms with E-state index in [1.165, 1.54) is 18.1 Å². The molecule has 2 atom stereocenters. The van der Waals surface area contributed by atoms with Gasteiger partial charge in [0.1, 0.15) is 6.54 Å². The Morgan fingerprint density at radius 3 is 2.85 bits per heavy atom. The third-order valence-electron chi connectivity index (χ3n) is 4.42. The Labute approximate surface area is 159 Å². The molecule has 0 spiro atoms. The van der Waals surface area contributed by atoms with Crippen molar-refractivity contribution in [2.45, 2.75) is 31.9 Å². The molecular weight excluding hydrogens is 351 g/mol. The Morgan fingerprint density at radius 2 is 2.26 bits per heavy atom. The lowest BCUT2D eigenvalue weighted by Crippen LogP contribution is -2.42. The SMILES string of the molecule is COc1ccc(C(C)NC(=NCC(=O)N(C)C)NCC2CCCO2)cc1F. The van der Waals surface area contributed by atoms with E-state index in [0.29, 0.717) is 12.5 Å². The summed E-state index contributed by atoms with van der Waals surface area (Å²) in [5.41, 5.74) is 0.749. The molecule has 0 radical (unpaired) electrons. The van der Waals surface area contributed by atoms with Crippen molar-refractivity contribution in [2.24, 2.45) is 4.99 Å². The number of halogens is 1. The Kier molecular flexibility index (Phi) is 7.84. The molecule has 0 saturated carbocycles. The molecule has 1 aliphatic rings. The first kappa shape index (κ1) is 21.0. The number of carbonyl (C=O) groups excluding carboxylic acids is 1. The number of aliphatic imine (C=N–C) groups is 1. The normalized spacial score (nSPS) is 18.1. The number of methoxy groups -OCH3 is 1. The summed E-state index contributed by atoms with van der Waals surface area (Å²) in [4.78, 5) is 17.7. The number of rotatable bonds is 7. The Hall–Kier alpha value is -2.35. The number of hydrogen-bond acceptors (Lipinski definition) is 4. The van der Waals surface area contributed by atoms with E-state index in [0.717, 1.165) is 25.0 Å². The fourth-order valence-corrected chi connectivity index (χ4v) is 2.70. The van der Waals surface area contributed by atoms with Crippen molar-refractivity contribution in [3.05, 3.63) is 29.6 Å². The minimum absolute atomic E-state index is 0.0253. The van der Waals surface area contributed by atoms with Crippen molar-refractivity contribution >= 4 is 11.9 Å². The van der Waals surface area contributed by atoms with Crippen LogP contribution >= 0.6 is 0 Å². The van der Waals surface area contributed by atoms with Crippen molar-refractivity contribution in [1.29, 1.82) is 0 Å². The van der Waals surface area contributed by atoms with E-state index in [1.54, 1.807) is 26.2 Å². The number of nitrogens with one attached hydrogen (secondary N) is 2. The summed E-state index contributed by atoms with van der Waals surface area (Å²) >= 11 is 0. The highest BCUT2D eigenvalue weighted by molar-refractivity contribution is 5.85. The second-order valence-corrected chi connectivity index (χ2v) is 6.73. The van der Waals surface area contributed by atoms with Gasteiger partial charge in [0.2, 0.25) is 5.91 Å². The van der Waals surface area contributed by atoms with Crippen LogP contribution in [0.1, 0.15) is 31.4 Å². The average molecular weight is 380 g/mol. The molecule has 1 fully saturated rings. The van der Waals surface area contributed by atoms with E-state index >= 15 is 0 Å². The first-order chi connectivity index (χ1) is 12.9. The topological polar surface area (TPSA) is 75.2 Å². The maximum absolute atomic E-state index is 14.0. The number of amides is 1. The number of carbonyl (C=O) groups is 1. The van der Waals surface area contributed by atoms with Crippen molar-refractivity contribution in [1.82, 2.24) is 15.5 Å². The molecule has 1 heterocycles. The third kappa shape index (κ3) is 6.39. The van der Waals surface area contributed by atoms with Crippen LogP contribution in [-0.4, -0.2) is 63.8 Å². The zero-order valence-corrected chi connectivity index (χ0v) is 16.4. The molecule has 1 aromatic carbocycles.